The van der Waals surface area contributed by atoms with E-state index < -0.39 is 23.8 Å². The molecule has 0 amide bonds. The van der Waals surface area contributed by atoms with Gasteiger partial charge in [-0.3, -0.25) is 0 Å². The highest BCUT2D eigenvalue weighted by atomic mass is 31.1. The van der Waals surface area contributed by atoms with Crippen LogP contribution in [0.1, 0.15) is 0 Å². The zero-order chi connectivity index (χ0) is 30.3. The smallest absolute Gasteiger partial charge is 0.0134 e. The van der Waals surface area contributed by atoms with Crippen LogP contribution >= 0.6 is 23.8 Å². The summed E-state index contributed by atoms with van der Waals surface area (Å²) in [5.74, 6) is 0. The third kappa shape index (κ3) is 6.76. The minimum absolute atomic E-state index is 0.688. The van der Waals surface area contributed by atoms with Crippen LogP contribution in [0.2, 0.25) is 0 Å². The highest BCUT2D eigenvalue weighted by Gasteiger charge is 2.23. The van der Waals surface area contributed by atoms with Crippen molar-refractivity contribution in [2.24, 2.45) is 0 Å². The fourth-order valence-corrected chi connectivity index (χ4v) is 13.0. The zero-order valence-electron chi connectivity index (χ0n) is 24.9. The molecule has 0 aliphatic rings. The van der Waals surface area contributed by atoms with Crippen LogP contribution in [0.5, 0.6) is 0 Å². The summed E-state index contributed by atoms with van der Waals surface area (Å²) in [6.07, 6.45) is 0. The van der Waals surface area contributed by atoms with Crippen LogP contribution in [0, 0.1) is 0 Å². The maximum Gasteiger partial charge on any atom is -0.0134 e. The molecule has 216 valence electrons. The van der Waals surface area contributed by atoms with Crippen molar-refractivity contribution in [3.05, 3.63) is 200 Å². The second kappa shape index (κ2) is 14.3. The predicted octanol–water partition coefficient (Wildman–Crippen LogP) is 6.96. The second-order valence-electron chi connectivity index (χ2n) is 10.7. The lowest BCUT2D eigenvalue weighted by Crippen LogP contribution is -2.28. The minimum Gasteiger partial charge on any atom is -0.0622 e. The molecular weight excluding hydrogens is 597 g/mol. The normalized spacial score (nSPS) is 11.3. The Kier molecular flexibility index (Phi) is 9.38. The third-order valence-electron chi connectivity index (χ3n) is 7.76. The van der Waals surface area contributed by atoms with Gasteiger partial charge in [0.25, 0.3) is 0 Å². The summed E-state index contributed by atoms with van der Waals surface area (Å²) in [5.41, 5.74) is 0. The molecule has 0 aromatic heterocycles. The summed E-state index contributed by atoms with van der Waals surface area (Å²) in [6, 6.07) is 74.0. The zero-order valence-corrected chi connectivity index (χ0v) is 27.6. The summed E-state index contributed by atoms with van der Waals surface area (Å²) in [5, 5.41) is 12.4. The van der Waals surface area contributed by atoms with E-state index in [1.165, 1.54) is 47.7 Å². The van der Waals surface area contributed by atoms with Crippen molar-refractivity contribution in [3.8, 4) is 0 Å². The largest absolute Gasteiger partial charge is 0.0622 e. The molecule has 0 heterocycles. The van der Waals surface area contributed by atoms with E-state index in [4.69, 9.17) is 0 Å². The molecule has 7 aromatic rings. The number of rotatable bonds is 9. The lowest BCUT2D eigenvalue weighted by Gasteiger charge is -2.25. The number of hydrogen-bond donors (Lipinski definition) is 0. The summed E-state index contributed by atoms with van der Waals surface area (Å²) in [6.45, 7) is 0. The maximum absolute atomic E-state index is 2.49. The van der Waals surface area contributed by atoms with E-state index in [1.54, 1.807) is 0 Å². The Morgan fingerprint density at radius 1 is 0.178 bits per heavy atom. The van der Waals surface area contributed by atoms with Gasteiger partial charge in [0, 0.05) is 0 Å². The van der Waals surface area contributed by atoms with Gasteiger partial charge in [-0.1, -0.05) is 188 Å². The van der Waals surface area contributed by atoms with Gasteiger partial charge in [-0.05, 0) is 83.6 Å². The molecule has 0 fully saturated rings. The number of hydrogen-bond acceptors (Lipinski definition) is 0. The van der Waals surface area contributed by atoms with Gasteiger partial charge in [-0.25, -0.2) is 0 Å². The molecular formula is C42H33P3. The van der Waals surface area contributed by atoms with Gasteiger partial charge in [0.15, 0.2) is 0 Å². The average Bonchev–Trinajstić information content (AvgIpc) is 3.12. The van der Waals surface area contributed by atoms with E-state index in [0.717, 1.165) is 0 Å². The molecule has 0 radical (unpaired) electrons. The first-order valence-electron chi connectivity index (χ1n) is 15.2. The van der Waals surface area contributed by atoms with E-state index in [9.17, 15) is 0 Å². The summed E-state index contributed by atoms with van der Waals surface area (Å²) < 4.78 is 0. The van der Waals surface area contributed by atoms with Crippen molar-refractivity contribution in [2.75, 3.05) is 0 Å². The molecule has 0 unspecified atom stereocenters. The Morgan fingerprint density at radius 3 is 0.578 bits per heavy atom. The van der Waals surface area contributed by atoms with Crippen molar-refractivity contribution in [1.82, 2.24) is 0 Å². The summed E-state index contributed by atoms with van der Waals surface area (Å²) in [4.78, 5) is 0. The first-order valence-corrected chi connectivity index (χ1v) is 19.2. The van der Waals surface area contributed by atoms with Crippen molar-refractivity contribution in [1.29, 1.82) is 0 Å². The third-order valence-corrected chi connectivity index (χ3v) is 15.0. The van der Waals surface area contributed by atoms with Gasteiger partial charge < -0.3 is 0 Å². The van der Waals surface area contributed by atoms with Crippen molar-refractivity contribution >= 4 is 71.5 Å². The van der Waals surface area contributed by atoms with Gasteiger partial charge in [0.05, 0.1) is 0 Å². The van der Waals surface area contributed by atoms with Crippen LogP contribution in [0.15, 0.2) is 200 Å². The van der Waals surface area contributed by atoms with E-state index in [-0.39, 0.29) is 0 Å². The molecule has 0 saturated heterocycles. The van der Waals surface area contributed by atoms with E-state index in [0.29, 0.717) is 0 Å². The van der Waals surface area contributed by atoms with Crippen LogP contribution in [0.3, 0.4) is 0 Å². The standard InChI is InChI=1S/C42H33P3/c1-6-18-34(19-7-1)43(35-20-8-2-9-21-35)39-28-16-30-41(32-39)45(38-26-14-5-15-27-38)42-31-17-29-40(33-42)44(36-22-10-3-11-23-36)37-24-12-4-13-25-37/h1-33H. The van der Waals surface area contributed by atoms with Gasteiger partial charge in [0.1, 0.15) is 0 Å². The van der Waals surface area contributed by atoms with E-state index >= 15 is 0 Å². The topological polar surface area (TPSA) is 0 Å². The Morgan fingerprint density at radius 2 is 0.356 bits per heavy atom. The van der Waals surface area contributed by atoms with Crippen LogP contribution in [0.4, 0.5) is 0 Å². The van der Waals surface area contributed by atoms with Gasteiger partial charge in [0.2, 0.25) is 0 Å². The molecule has 0 aliphatic carbocycles. The molecule has 7 rings (SSSR count). The minimum atomic E-state index is -0.783. The second-order valence-corrected chi connectivity index (χ2v) is 17.4. The molecule has 0 saturated carbocycles. The van der Waals surface area contributed by atoms with Gasteiger partial charge in [-0.15, -0.1) is 0 Å². The fraction of sp³-hybridized carbons (Fsp3) is 0. The average molecular weight is 631 g/mol. The van der Waals surface area contributed by atoms with Crippen LogP contribution in [0.25, 0.3) is 0 Å². The lowest BCUT2D eigenvalue weighted by molar-refractivity contribution is 1.74. The first-order chi connectivity index (χ1) is 22.3. The molecule has 7 aromatic carbocycles. The highest BCUT2D eigenvalue weighted by molar-refractivity contribution is 7.82. The molecule has 45 heavy (non-hydrogen) atoms. The Bertz CT molecular complexity index is 1740. The molecule has 3 heteroatoms. The summed E-state index contributed by atoms with van der Waals surface area (Å²) in [7, 11) is -2.16. The lowest BCUT2D eigenvalue weighted by atomic mass is 10.3. The maximum atomic E-state index is 2.49. The highest BCUT2D eigenvalue weighted by Crippen LogP contribution is 2.38. The first kappa shape index (κ1) is 29.5. The molecule has 0 spiro atoms. The van der Waals surface area contributed by atoms with Crippen LogP contribution in [-0.2, 0) is 0 Å². The monoisotopic (exact) mass is 630 g/mol. The van der Waals surface area contributed by atoms with Gasteiger partial charge in [-0.2, -0.15) is 0 Å². The SMILES string of the molecule is c1ccc(P(c2ccccc2)c2cccc(P(c3ccccc3)c3cccc(P(c4ccccc4)c4ccccc4)c3)c2)cc1. The Balaban J connectivity index is 1.36. The van der Waals surface area contributed by atoms with Crippen LogP contribution < -0.4 is 47.7 Å². The molecule has 0 bridgehead atoms. The fourth-order valence-electron chi connectivity index (χ4n) is 5.77. The van der Waals surface area contributed by atoms with E-state index in [2.05, 4.69) is 200 Å². The predicted molar refractivity (Wildman–Crippen MR) is 203 cm³/mol. The Labute approximate surface area is 270 Å². The quantitative estimate of drug-likeness (QED) is 0.151. The van der Waals surface area contributed by atoms with E-state index in [1.807, 2.05) is 0 Å². The molecule has 0 N–H and O–H groups in total. The van der Waals surface area contributed by atoms with Crippen LogP contribution in [-0.4, -0.2) is 0 Å². The van der Waals surface area contributed by atoms with Crippen molar-refractivity contribution in [3.63, 3.8) is 0 Å². The summed E-state index contributed by atoms with van der Waals surface area (Å²) >= 11 is 0. The molecule has 0 nitrogen and oxygen atoms in total. The molecule has 0 aliphatic heterocycles. The van der Waals surface area contributed by atoms with Gasteiger partial charge >= 0.3 is 0 Å². The molecule has 0 atom stereocenters. The Hall–Kier alpha value is -4.17. The van der Waals surface area contributed by atoms with Crippen molar-refractivity contribution in [2.45, 2.75) is 0 Å². The van der Waals surface area contributed by atoms with Crippen molar-refractivity contribution < 1.29 is 0 Å². The number of benzene rings is 7.